The number of aromatic hydroxyl groups is 4. The molecule has 160 valence electrons. The average molecular weight is 426 g/mol. The van der Waals surface area contributed by atoms with Crippen LogP contribution in [0.1, 0.15) is 38.2 Å². The van der Waals surface area contributed by atoms with Gasteiger partial charge in [-0.3, -0.25) is 4.79 Å². The highest BCUT2D eigenvalue weighted by Gasteiger charge is 2.24. The minimum atomic E-state index is -0.608. The third kappa shape index (κ3) is 4.14. The summed E-state index contributed by atoms with van der Waals surface area (Å²) < 4.78 is 0. The summed E-state index contributed by atoms with van der Waals surface area (Å²) >= 11 is 0. The fourth-order valence-corrected chi connectivity index (χ4v) is 3.71. The highest BCUT2D eigenvalue weighted by molar-refractivity contribution is 6.13. The van der Waals surface area contributed by atoms with Crippen LogP contribution in [0.2, 0.25) is 0 Å². The summed E-state index contributed by atoms with van der Waals surface area (Å²) in [6, 6.07) is 23.9. The molecule has 4 aromatic rings. The summed E-state index contributed by atoms with van der Waals surface area (Å²) in [7, 11) is 0. The van der Waals surface area contributed by atoms with Gasteiger partial charge < -0.3 is 20.4 Å². The summed E-state index contributed by atoms with van der Waals surface area (Å²) in [6.07, 6.45) is 0.473. The Morgan fingerprint density at radius 1 is 0.531 bits per heavy atom. The summed E-state index contributed by atoms with van der Waals surface area (Å²) in [5.74, 6) is -1.53. The molecular weight excluding hydrogens is 404 g/mol. The van der Waals surface area contributed by atoms with Crippen LogP contribution in [0.4, 0.5) is 0 Å². The maximum absolute atomic E-state index is 13.2. The molecule has 0 aromatic heterocycles. The molecule has 0 bridgehead atoms. The predicted molar refractivity (Wildman–Crippen MR) is 121 cm³/mol. The number of phenols is 4. The van der Waals surface area contributed by atoms with Crippen LogP contribution in [0.5, 0.6) is 23.0 Å². The lowest BCUT2D eigenvalue weighted by Crippen LogP contribution is -2.06. The summed E-state index contributed by atoms with van der Waals surface area (Å²) in [4.78, 5) is 13.2. The molecule has 4 rings (SSSR count). The summed E-state index contributed by atoms with van der Waals surface area (Å²) in [6.45, 7) is 0. The highest BCUT2D eigenvalue weighted by Crippen LogP contribution is 2.38. The first-order chi connectivity index (χ1) is 15.5. The lowest BCUT2D eigenvalue weighted by atomic mass is 9.93. The topological polar surface area (TPSA) is 98.0 Å². The van der Waals surface area contributed by atoms with Gasteiger partial charge in [-0.05, 0) is 35.4 Å². The Morgan fingerprint density at radius 2 is 0.906 bits per heavy atom. The van der Waals surface area contributed by atoms with Crippen LogP contribution in [0.3, 0.4) is 0 Å². The van der Waals surface area contributed by atoms with Gasteiger partial charge in [-0.25, -0.2) is 0 Å². The molecule has 5 nitrogen and oxygen atoms in total. The van der Waals surface area contributed by atoms with Crippen molar-refractivity contribution < 1.29 is 25.2 Å². The monoisotopic (exact) mass is 426 g/mol. The summed E-state index contributed by atoms with van der Waals surface area (Å²) in [5, 5.41) is 42.2. The molecule has 0 aliphatic carbocycles. The zero-order chi connectivity index (χ0) is 22.7. The van der Waals surface area contributed by atoms with Gasteiger partial charge in [0.05, 0.1) is 11.1 Å². The van der Waals surface area contributed by atoms with Crippen molar-refractivity contribution in [1.82, 2.24) is 0 Å². The number of rotatable bonds is 6. The van der Waals surface area contributed by atoms with Crippen molar-refractivity contribution in [3.63, 3.8) is 0 Å². The predicted octanol–water partition coefficient (Wildman–Crippen LogP) is 4.92. The summed E-state index contributed by atoms with van der Waals surface area (Å²) in [5.41, 5.74) is 2.09. The van der Waals surface area contributed by atoms with Gasteiger partial charge in [0.1, 0.15) is 23.0 Å². The fourth-order valence-electron chi connectivity index (χ4n) is 3.71. The molecule has 0 atom stereocenters. The minimum Gasteiger partial charge on any atom is -0.508 e. The number of ketones is 1. The van der Waals surface area contributed by atoms with E-state index >= 15 is 0 Å². The van der Waals surface area contributed by atoms with E-state index in [4.69, 9.17) is 0 Å². The van der Waals surface area contributed by atoms with E-state index in [9.17, 15) is 25.2 Å². The van der Waals surface area contributed by atoms with Gasteiger partial charge in [0, 0.05) is 24.0 Å². The molecule has 0 aliphatic heterocycles. The minimum absolute atomic E-state index is 0.0413. The second-order valence-corrected chi connectivity index (χ2v) is 7.57. The van der Waals surface area contributed by atoms with Crippen LogP contribution in [0, 0.1) is 0 Å². The Hall–Kier alpha value is -4.25. The first-order valence-electron chi connectivity index (χ1n) is 10.2. The maximum atomic E-state index is 13.2. The number of hydrogen-bond donors (Lipinski definition) is 4. The molecule has 0 aliphatic rings. The number of carbonyl (C=O) groups excluding carboxylic acids is 1. The van der Waals surface area contributed by atoms with Gasteiger partial charge in [0.2, 0.25) is 0 Å². The lowest BCUT2D eigenvalue weighted by molar-refractivity contribution is 0.103. The molecule has 4 N–H and O–H groups in total. The van der Waals surface area contributed by atoms with Crippen molar-refractivity contribution in [3.05, 3.63) is 118 Å². The van der Waals surface area contributed by atoms with E-state index in [0.29, 0.717) is 0 Å². The Bertz CT molecular complexity index is 1170. The van der Waals surface area contributed by atoms with E-state index in [2.05, 4.69) is 0 Å². The number of carbonyl (C=O) groups is 1. The first-order valence-corrected chi connectivity index (χ1v) is 10.2. The van der Waals surface area contributed by atoms with Crippen molar-refractivity contribution in [2.45, 2.75) is 12.8 Å². The molecule has 5 heteroatoms. The molecular formula is C27H22O5. The smallest absolute Gasteiger partial charge is 0.200 e. The molecule has 0 fully saturated rings. The SMILES string of the molecule is O=C(c1ccc(O)c(Cc2ccccc2)c1O)c1ccc(O)c(Cc2ccccc2)c1O. The molecule has 0 spiro atoms. The molecule has 0 radical (unpaired) electrons. The number of benzene rings is 4. The quantitative estimate of drug-likeness (QED) is 0.328. The maximum Gasteiger partial charge on any atom is 0.200 e. The van der Waals surface area contributed by atoms with Crippen molar-refractivity contribution in [2.24, 2.45) is 0 Å². The highest BCUT2D eigenvalue weighted by atomic mass is 16.3. The molecule has 0 heterocycles. The number of hydrogen-bond acceptors (Lipinski definition) is 5. The van der Waals surface area contributed by atoms with E-state index in [1.54, 1.807) is 0 Å². The van der Waals surface area contributed by atoms with Crippen molar-refractivity contribution in [3.8, 4) is 23.0 Å². The van der Waals surface area contributed by atoms with Crippen molar-refractivity contribution in [1.29, 1.82) is 0 Å². The van der Waals surface area contributed by atoms with Gasteiger partial charge in [0.25, 0.3) is 0 Å². The van der Waals surface area contributed by atoms with Crippen LogP contribution >= 0.6 is 0 Å². The standard InChI is InChI=1S/C27H22O5/c28-23-13-11-19(26(31)21(23)15-17-7-3-1-4-8-17)25(30)20-12-14-24(29)22(27(20)32)16-18-9-5-2-6-10-18/h1-14,28-29,31-32H,15-16H2. The third-order valence-electron chi connectivity index (χ3n) is 5.45. The van der Waals surface area contributed by atoms with E-state index in [-0.39, 0.29) is 58.1 Å². The molecule has 32 heavy (non-hydrogen) atoms. The van der Waals surface area contributed by atoms with Crippen LogP contribution in [0.15, 0.2) is 84.9 Å². The first kappa shape index (κ1) is 21.0. The van der Waals surface area contributed by atoms with E-state index < -0.39 is 5.78 Å². The second-order valence-electron chi connectivity index (χ2n) is 7.57. The van der Waals surface area contributed by atoms with Crippen molar-refractivity contribution in [2.75, 3.05) is 0 Å². The Morgan fingerprint density at radius 3 is 1.28 bits per heavy atom. The van der Waals surface area contributed by atoms with Gasteiger partial charge in [0.15, 0.2) is 5.78 Å². The Labute approximate surface area is 185 Å². The van der Waals surface area contributed by atoms with Gasteiger partial charge in [-0.2, -0.15) is 0 Å². The molecule has 0 amide bonds. The van der Waals surface area contributed by atoms with Crippen LogP contribution in [0.25, 0.3) is 0 Å². The molecule has 0 saturated heterocycles. The van der Waals surface area contributed by atoms with E-state index in [0.717, 1.165) is 11.1 Å². The van der Waals surface area contributed by atoms with Gasteiger partial charge in [-0.15, -0.1) is 0 Å². The van der Waals surface area contributed by atoms with Crippen molar-refractivity contribution >= 4 is 5.78 Å². The van der Waals surface area contributed by atoms with Crippen LogP contribution in [-0.4, -0.2) is 26.2 Å². The van der Waals surface area contributed by atoms with Crippen LogP contribution < -0.4 is 0 Å². The average Bonchev–Trinajstić information content (AvgIpc) is 2.80. The number of phenolic OH excluding ortho intramolecular Hbond substituents is 4. The van der Waals surface area contributed by atoms with Gasteiger partial charge in [-0.1, -0.05) is 60.7 Å². The fraction of sp³-hybridized carbons (Fsp3) is 0.0741. The Balaban J connectivity index is 1.72. The third-order valence-corrected chi connectivity index (χ3v) is 5.45. The molecule has 0 unspecified atom stereocenters. The van der Waals surface area contributed by atoms with Crippen LogP contribution in [-0.2, 0) is 12.8 Å². The Kier molecular flexibility index (Phi) is 5.81. The largest absolute Gasteiger partial charge is 0.508 e. The van der Waals surface area contributed by atoms with E-state index in [1.165, 1.54) is 24.3 Å². The lowest BCUT2D eigenvalue weighted by Gasteiger charge is -2.14. The zero-order valence-electron chi connectivity index (χ0n) is 17.2. The van der Waals surface area contributed by atoms with Gasteiger partial charge >= 0.3 is 0 Å². The molecule has 4 aromatic carbocycles. The normalized spacial score (nSPS) is 10.8. The van der Waals surface area contributed by atoms with E-state index in [1.807, 2.05) is 60.7 Å². The zero-order valence-corrected chi connectivity index (χ0v) is 17.2. The second kappa shape index (κ2) is 8.86. The molecule has 0 saturated carbocycles.